The molecule has 0 atom stereocenters. The van der Waals surface area contributed by atoms with Crippen LogP contribution in [0.3, 0.4) is 0 Å². The van der Waals surface area contributed by atoms with E-state index in [2.05, 4.69) is 29.3 Å². The second-order valence-electron chi connectivity index (χ2n) is 3.24. The highest BCUT2D eigenvalue weighted by molar-refractivity contribution is 7.80. The van der Waals surface area contributed by atoms with Crippen LogP contribution in [0, 0.1) is 0 Å². The summed E-state index contributed by atoms with van der Waals surface area (Å²) >= 11 is 4.65. The lowest BCUT2D eigenvalue weighted by atomic mass is 10.1. The van der Waals surface area contributed by atoms with Crippen molar-refractivity contribution in [3.63, 3.8) is 0 Å². The molecule has 3 N–H and O–H groups in total. The highest BCUT2D eigenvalue weighted by Crippen LogP contribution is 2.07. The summed E-state index contributed by atoms with van der Waals surface area (Å²) in [7, 11) is 0. The van der Waals surface area contributed by atoms with Crippen molar-refractivity contribution < 1.29 is 4.74 Å². The van der Waals surface area contributed by atoms with Crippen LogP contribution in [-0.2, 0) is 11.3 Å². The van der Waals surface area contributed by atoms with Crippen molar-refractivity contribution in [2.45, 2.75) is 6.61 Å². The molecule has 0 amide bonds. The van der Waals surface area contributed by atoms with Crippen LogP contribution in [0.4, 0.5) is 0 Å². The Kier molecular flexibility index (Phi) is 5.92. The van der Waals surface area contributed by atoms with Crippen molar-refractivity contribution in [2.75, 3.05) is 6.61 Å². The van der Waals surface area contributed by atoms with E-state index in [0.29, 0.717) is 13.2 Å². The van der Waals surface area contributed by atoms with Gasteiger partial charge < -0.3 is 10.5 Å². The summed E-state index contributed by atoms with van der Waals surface area (Å²) < 4.78 is 5.39. The maximum atomic E-state index is 5.39. The van der Waals surface area contributed by atoms with Gasteiger partial charge in [-0.25, -0.2) is 0 Å². The average molecular weight is 249 g/mol. The molecule has 5 heteroatoms. The number of thiocarbonyl (C=S) groups is 1. The van der Waals surface area contributed by atoms with E-state index >= 15 is 0 Å². The normalized spacial score (nSPS) is 10.4. The fourth-order valence-corrected chi connectivity index (χ4v) is 1.26. The molecule has 0 aromatic heterocycles. The molecule has 0 aliphatic heterocycles. The van der Waals surface area contributed by atoms with Gasteiger partial charge in [-0.15, -0.1) is 6.58 Å². The Bertz CT molecular complexity index is 418. The zero-order chi connectivity index (χ0) is 12.5. The fraction of sp³-hybridized carbons (Fsp3) is 0.167. The average Bonchev–Trinajstić information content (AvgIpc) is 2.31. The van der Waals surface area contributed by atoms with Crippen LogP contribution in [0.25, 0.3) is 0 Å². The van der Waals surface area contributed by atoms with Gasteiger partial charge in [0.2, 0.25) is 0 Å². The van der Waals surface area contributed by atoms with Crippen LogP contribution < -0.4 is 11.2 Å². The highest BCUT2D eigenvalue weighted by Gasteiger charge is 1.98. The van der Waals surface area contributed by atoms with Gasteiger partial charge in [-0.3, -0.25) is 5.43 Å². The fourth-order valence-electron chi connectivity index (χ4n) is 1.21. The second kappa shape index (κ2) is 7.54. The first-order chi connectivity index (χ1) is 8.24. The van der Waals surface area contributed by atoms with Crippen LogP contribution in [0.15, 0.2) is 42.0 Å². The molecule has 90 valence electrons. The SMILES string of the molecule is C=CCOCc1ccccc1C=NNC(N)=S. The first-order valence-electron chi connectivity index (χ1n) is 5.09. The standard InChI is InChI=1S/C12H15N3OS/c1-2-7-16-9-11-6-4-3-5-10(11)8-14-15-12(13)17/h2-6,8H,1,7,9H2,(H3,13,15,17). The number of benzene rings is 1. The predicted octanol–water partition coefficient (Wildman–Crippen LogP) is 1.56. The molecule has 0 fully saturated rings. The summed E-state index contributed by atoms with van der Waals surface area (Å²) in [5, 5.41) is 4.05. The van der Waals surface area contributed by atoms with Gasteiger partial charge in [0.25, 0.3) is 0 Å². The zero-order valence-electron chi connectivity index (χ0n) is 9.43. The molecule has 0 radical (unpaired) electrons. The molecule has 17 heavy (non-hydrogen) atoms. The lowest BCUT2D eigenvalue weighted by Crippen LogP contribution is -2.24. The number of hydrogen-bond donors (Lipinski definition) is 2. The van der Waals surface area contributed by atoms with Crippen LogP contribution in [0.2, 0.25) is 0 Å². The van der Waals surface area contributed by atoms with Crippen LogP contribution in [0.5, 0.6) is 0 Å². The number of ether oxygens (including phenoxy) is 1. The Balaban J connectivity index is 2.66. The third-order valence-electron chi connectivity index (χ3n) is 1.93. The van der Waals surface area contributed by atoms with Gasteiger partial charge in [-0.1, -0.05) is 30.3 Å². The monoisotopic (exact) mass is 249 g/mol. The van der Waals surface area contributed by atoms with Gasteiger partial charge in [0, 0.05) is 5.56 Å². The van der Waals surface area contributed by atoms with Gasteiger partial charge >= 0.3 is 0 Å². The van der Waals surface area contributed by atoms with Crippen molar-refractivity contribution in [2.24, 2.45) is 10.8 Å². The summed E-state index contributed by atoms with van der Waals surface area (Å²) in [5.41, 5.74) is 9.78. The summed E-state index contributed by atoms with van der Waals surface area (Å²) in [5.74, 6) is 0. The maximum absolute atomic E-state index is 5.39. The molecule has 1 rings (SSSR count). The first-order valence-corrected chi connectivity index (χ1v) is 5.50. The van der Waals surface area contributed by atoms with E-state index in [4.69, 9.17) is 10.5 Å². The molecule has 0 aliphatic rings. The maximum Gasteiger partial charge on any atom is 0.184 e. The molecule has 0 spiro atoms. The molecule has 4 nitrogen and oxygen atoms in total. The lowest BCUT2D eigenvalue weighted by molar-refractivity contribution is 0.149. The van der Waals surface area contributed by atoms with Gasteiger partial charge in [0.1, 0.15) is 0 Å². The minimum Gasteiger partial charge on any atom is -0.375 e. The molecular formula is C12H15N3OS. The number of hydrogen-bond acceptors (Lipinski definition) is 3. The second-order valence-corrected chi connectivity index (χ2v) is 3.68. The quantitative estimate of drug-likeness (QED) is 0.264. The molecule has 1 aromatic rings. The van der Waals surface area contributed by atoms with E-state index in [9.17, 15) is 0 Å². The van der Waals surface area contributed by atoms with Crippen molar-refractivity contribution >= 4 is 23.5 Å². The lowest BCUT2D eigenvalue weighted by Gasteiger charge is -2.05. The van der Waals surface area contributed by atoms with E-state index < -0.39 is 0 Å². The predicted molar refractivity (Wildman–Crippen MR) is 73.8 cm³/mol. The Morgan fingerprint density at radius 1 is 1.53 bits per heavy atom. The van der Waals surface area contributed by atoms with E-state index in [1.807, 2.05) is 24.3 Å². The van der Waals surface area contributed by atoms with Crippen molar-refractivity contribution in [1.29, 1.82) is 0 Å². The van der Waals surface area contributed by atoms with Gasteiger partial charge in [-0.2, -0.15) is 5.10 Å². The molecule has 0 unspecified atom stereocenters. The minimum atomic E-state index is 0.140. The number of hydrazone groups is 1. The Morgan fingerprint density at radius 3 is 3.00 bits per heavy atom. The number of rotatable bonds is 6. The third-order valence-corrected chi connectivity index (χ3v) is 2.02. The molecule has 0 saturated heterocycles. The largest absolute Gasteiger partial charge is 0.375 e. The number of nitrogens with zero attached hydrogens (tertiary/aromatic N) is 1. The molecule has 0 heterocycles. The van der Waals surface area contributed by atoms with Crippen LogP contribution in [0.1, 0.15) is 11.1 Å². The Hall–Kier alpha value is -1.72. The molecular weight excluding hydrogens is 234 g/mol. The number of nitrogens with two attached hydrogens (primary N) is 1. The van der Waals surface area contributed by atoms with Gasteiger partial charge in [-0.05, 0) is 17.8 Å². The third kappa shape index (κ3) is 5.24. The van der Waals surface area contributed by atoms with Crippen molar-refractivity contribution in [3.8, 4) is 0 Å². The smallest absolute Gasteiger partial charge is 0.184 e. The van der Waals surface area contributed by atoms with Gasteiger partial charge in [0.15, 0.2) is 5.11 Å². The van der Waals surface area contributed by atoms with E-state index in [1.54, 1.807) is 12.3 Å². The first kappa shape index (κ1) is 13.3. The molecule has 1 aromatic carbocycles. The zero-order valence-corrected chi connectivity index (χ0v) is 10.2. The summed E-state index contributed by atoms with van der Waals surface area (Å²) in [6.45, 7) is 4.63. The van der Waals surface area contributed by atoms with E-state index in [0.717, 1.165) is 11.1 Å². The minimum absolute atomic E-state index is 0.140. The van der Waals surface area contributed by atoms with Crippen molar-refractivity contribution in [1.82, 2.24) is 5.43 Å². The highest BCUT2D eigenvalue weighted by atomic mass is 32.1. The van der Waals surface area contributed by atoms with Crippen LogP contribution in [-0.4, -0.2) is 17.9 Å². The van der Waals surface area contributed by atoms with E-state index in [1.165, 1.54) is 0 Å². The van der Waals surface area contributed by atoms with Crippen LogP contribution >= 0.6 is 12.2 Å². The molecule has 0 bridgehead atoms. The van der Waals surface area contributed by atoms with E-state index in [-0.39, 0.29) is 5.11 Å². The summed E-state index contributed by atoms with van der Waals surface area (Å²) in [4.78, 5) is 0. The molecule has 0 saturated carbocycles. The molecule has 0 aliphatic carbocycles. The number of nitrogens with one attached hydrogen (secondary N) is 1. The Labute approximate surface area is 106 Å². The summed E-state index contributed by atoms with van der Waals surface area (Å²) in [6, 6.07) is 7.80. The topological polar surface area (TPSA) is 59.6 Å². The summed E-state index contributed by atoms with van der Waals surface area (Å²) in [6.07, 6.45) is 3.37. The Morgan fingerprint density at radius 2 is 2.29 bits per heavy atom. The van der Waals surface area contributed by atoms with Gasteiger partial charge in [0.05, 0.1) is 19.4 Å². The van der Waals surface area contributed by atoms with Crippen molar-refractivity contribution in [3.05, 3.63) is 48.0 Å².